The number of rotatable bonds is 3. The molecule has 0 amide bonds. The zero-order chi connectivity index (χ0) is 8.97. The Morgan fingerprint density at radius 2 is 1.92 bits per heavy atom. The lowest BCUT2D eigenvalue weighted by Crippen LogP contribution is -1.97. The zero-order valence-corrected chi connectivity index (χ0v) is 7.80. The molecule has 1 unspecified atom stereocenters. The minimum absolute atomic E-state index is 0.0212. The van der Waals surface area contributed by atoms with E-state index in [1.807, 2.05) is 24.3 Å². The molecular weight excluding hydrogens is 172 g/mol. The van der Waals surface area contributed by atoms with Crippen molar-refractivity contribution in [3.8, 4) is 0 Å². The molecule has 12 heavy (non-hydrogen) atoms. The summed E-state index contributed by atoms with van der Waals surface area (Å²) in [6, 6.07) is 7.50. The first-order valence-electron chi connectivity index (χ1n) is 3.71. The quantitative estimate of drug-likeness (QED) is 0.762. The molecule has 3 heteroatoms. The van der Waals surface area contributed by atoms with Gasteiger partial charge in [0.25, 0.3) is 0 Å². The largest absolute Gasteiger partial charge is 0.392 e. The Balaban J connectivity index is 2.89. The van der Waals surface area contributed by atoms with Gasteiger partial charge in [-0.1, -0.05) is 24.3 Å². The minimum atomic E-state index is -0.840. The van der Waals surface area contributed by atoms with E-state index >= 15 is 0 Å². The summed E-state index contributed by atoms with van der Waals surface area (Å²) in [4.78, 5) is 0. The van der Waals surface area contributed by atoms with Crippen molar-refractivity contribution in [1.29, 1.82) is 0 Å². The third-order valence-corrected chi connectivity index (χ3v) is 2.37. The molecule has 0 saturated heterocycles. The summed E-state index contributed by atoms with van der Waals surface area (Å²) in [5.41, 5.74) is 1.84. The molecule has 1 rings (SSSR count). The molecule has 66 valence electrons. The predicted octanol–water partition coefficient (Wildman–Crippen LogP) is 1.06. The molecule has 0 spiro atoms. The van der Waals surface area contributed by atoms with Crippen molar-refractivity contribution < 1.29 is 9.32 Å². The summed E-state index contributed by atoms with van der Waals surface area (Å²) in [6.07, 6.45) is 1.66. The van der Waals surface area contributed by atoms with Gasteiger partial charge in [0.2, 0.25) is 0 Å². The van der Waals surface area contributed by atoms with Gasteiger partial charge in [-0.2, -0.15) is 0 Å². The van der Waals surface area contributed by atoms with Gasteiger partial charge in [0.1, 0.15) is 0 Å². The molecule has 0 fully saturated rings. The van der Waals surface area contributed by atoms with Gasteiger partial charge in [0.15, 0.2) is 0 Å². The molecule has 0 aliphatic rings. The highest BCUT2D eigenvalue weighted by molar-refractivity contribution is 7.83. The minimum Gasteiger partial charge on any atom is -0.392 e. The second-order valence-corrected chi connectivity index (χ2v) is 4.08. The molecule has 2 nitrogen and oxygen atoms in total. The average Bonchev–Trinajstić information content (AvgIpc) is 2.04. The Hall–Kier alpha value is -0.670. The highest BCUT2D eigenvalue weighted by Gasteiger charge is 2.01. The fourth-order valence-electron chi connectivity index (χ4n) is 1.07. The smallest absolute Gasteiger partial charge is 0.0684 e. The van der Waals surface area contributed by atoms with Crippen LogP contribution in [0.3, 0.4) is 0 Å². The Morgan fingerprint density at radius 3 is 2.42 bits per heavy atom. The van der Waals surface area contributed by atoms with Gasteiger partial charge in [-0.15, -0.1) is 0 Å². The lowest BCUT2D eigenvalue weighted by molar-refractivity contribution is 0.281. The van der Waals surface area contributed by atoms with E-state index < -0.39 is 10.8 Å². The Bertz CT molecular complexity index is 284. The maximum Gasteiger partial charge on any atom is 0.0684 e. The van der Waals surface area contributed by atoms with Crippen molar-refractivity contribution in [2.75, 3.05) is 6.26 Å². The van der Waals surface area contributed by atoms with Gasteiger partial charge in [0.05, 0.1) is 6.61 Å². The van der Waals surface area contributed by atoms with Crippen molar-refractivity contribution in [3.05, 3.63) is 35.4 Å². The molecule has 0 aliphatic carbocycles. The monoisotopic (exact) mass is 184 g/mol. The van der Waals surface area contributed by atoms with Crippen LogP contribution in [0.4, 0.5) is 0 Å². The van der Waals surface area contributed by atoms with Crippen molar-refractivity contribution >= 4 is 10.8 Å². The van der Waals surface area contributed by atoms with Crippen LogP contribution in [0.1, 0.15) is 11.1 Å². The zero-order valence-electron chi connectivity index (χ0n) is 6.99. The van der Waals surface area contributed by atoms with Crippen LogP contribution in [0.5, 0.6) is 0 Å². The van der Waals surface area contributed by atoms with E-state index in [4.69, 9.17) is 5.11 Å². The first kappa shape index (κ1) is 9.42. The van der Waals surface area contributed by atoms with E-state index in [1.165, 1.54) is 0 Å². The van der Waals surface area contributed by atoms with E-state index in [0.717, 1.165) is 11.1 Å². The van der Waals surface area contributed by atoms with Crippen molar-refractivity contribution in [1.82, 2.24) is 0 Å². The molecular formula is C9H12O2S. The summed E-state index contributed by atoms with van der Waals surface area (Å²) < 4.78 is 10.9. The fourth-order valence-corrected chi connectivity index (χ4v) is 1.79. The van der Waals surface area contributed by atoms with Gasteiger partial charge in [0, 0.05) is 22.8 Å². The summed E-state index contributed by atoms with van der Waals surface area (Å²) in [5.74, 6) is 0.525. The van der Waals surface area contributed by atoms with Gasteiger partial charge in [-0.3, -0.25) is 4.21 Å². The average molecular weight is 184 g/mol. The SMILES string of the molecule is CS(=O)Cc1ccccc1CO. The molecule has 0 aliphatic heterocycles. The molecule has 1 N–H and O–H groups in total. The fraction of sp³-hybridized carbons (Fsp3) is 0.333. The number of aliphatic hydroxyl groups is 1. The van der Waals surface area contributed by atoms with Crippen LogP contribution in [-0.2, 0) is 23.2 Å². The van der Waals surface area contributed by atoms with Crippen molar-refractivity contribution in [3.63, 3.8) is 0 Å². The number of hydrogen-bond acceptors (Lipinski definition) is 2. The highest BCUT2D eigenvalue weighted by atomic mass is 32.2. The van der Waals surface area contributed by atoms with Crippen LogP contribution in [0.25, 0.3) is 0 Å². The van der Waals surface area contributed by atoms with Gasteiger partial charge in [-0.05, 0) is 11.1 Å². The molecule has 0 heterocycles. The van der Waals surface area contributed by atoms with E-state index in [-0.39, 0.29) is 6.61 Å². The van der Waals surface area contributed by atoms with Crippen molar-refractivity contribution in [2.45, 2.75) is 12.4 Å². The van der Waals surface area contributed by atoms with Crippen LogP contribution in [0.15, 0.2) is 24.3 Å². The third-order valence-electron chi connectivity index (χ3n) is 1.65. The molecule has 0 saturated carbocycles. The maximum absolute atomic E-state index is 10.9. The first-order chi connectivity index (χ1) is 5.74. The Morgan fingerprint density at radius 1 is 1.33 bits per heavy atom. The number of hydrogen-bond donors (Lipinski definition) is 1. The topological polar surface area (TPSA) is 37.3 Å². The summed E-state index contributed by atoms with van der Waals surface area (Å²) in [6.45, 7) is 0.0212. The summed E-state index contributed by atoms with van der Waals surface area (Å²) >= 11 is 0. The summed E-state index contributed by atoms with van der Waals surface area (Å²) in [7, 11) is -0.840. The van der Waals surface area contributed by atoms with Crippen LogP contribution >= 0.6 is 0 Å². The van der Waals surface area contributed by atoms with E-state index in [2.05, 4.69) is 0 Å². The molecule has 1 aromatic carbocycles. The van der Waals surface area contributed by atoms with Crippen LogP contribution in [-0.4, -0.2) is 15.6 Å². The van der Waals surface area contributed by atoms with Crippen LogP contribution in [0.2, 0.25) is 0 Å². The van der Waals surface area contributed by atoms with Crippen LogP contribution in [0, 0.1) is 0 Å². The molecule has 0 bridgehead atoms. The Labute approximate surface area is 74.7 Å². The number of benzene rings is 1. The van der Waals surface area contributed by atoms with Crippen molar-refractivity contribution in [2.24, 2.45) is 0 Å². The Kier molecular flexibility index (Phi) is 3.44. The van der Waals surface area contributed by atoms with E-state index in [1.54, 1.807) is 6.26 Å². The van der Waals surface area contributed by atoms with Crippen LogP contribution < -0.4 is 0 Å². The maximum atomic E-state index is 10.9. The molecule has 0 radical (unpaired) electrons. The van der Waals surface area contributed by atoms with E-state index in [9.17, 15) is 4.21 Å². The molecule has 1 aromatic rings. The number of aliphatic hydroxyl groups excluding tert-OH is 1. The van der Waals surface area contributed by atoms with Gasteiger partial charge >= 0.3 is 0 Å². The summed E-state index contributed by atoms with van der Waals surface area (Å²) in [5, 5.41) is 8.93. The lowest BCUT2D eigenvalue weighted by Gasteiger charge is -2.03. The highest BCUT2D eigenvalue weighted by Crippen LogP contribution is 2.10. The molecule has 1 atom stereocenters. The van der Waals surface area contributed by atoms with Gasteiger partial charge < -0.3 is 5.11 Å². The predicted molar refractivity (Wildman–Crippen MR) is 50.1 cm³/mol. The second-order valence-electron chi connectivity index (χ2n) is 2.64. The first-order valence-corrected chi connectivity index (χ1v) is 5.44. The lowest BCUT2D eigenvalue weighted by atomic mass is 10.1. The van der Waals surface area contributed by atoms with E-state index in [0.29, 0.717) is 5.75 Å². The molecule has 0 aromatic heterocycles. The third kappa shape index (κ3) is 2.43. The van der Waals surface area contributed by atoms with Gasteiger partial charge in [-0.25, -0.2) is 0 Å². The standard InChI is InChI=1S/C9H12O2S/c1-12(11)7-9-5-3-2-4-8(9)6-10/h2-5,10H,6-7H2,1H3. The second kappa shape index (κ2) is 4.38. The normalized spacial score (nSPS) is 12.8.